The van der Waals surface area contributed by atoms with E-state index < -0.39 is 0 Å². The Hall–Kier alpha value is -2.61. The van der Waals surface area contributed by atoms with Crippen LogP contribution >= 0.6 is 0 Å². The first-order chi connectivity index (χ1) is 12.1. The van der Waals surface area contributed by atoms with Crippen molar-refractivity contribution in [3.63, 3.8) is 0 Å². The molecular weight excluding hydrogens is 320 g/mol. The molecule has 25 heavy (non-hydrogen) atoms. The van der Waals surface area contributed by atoms with E-state index >= 15 is 0 Å². The summed E-state index contributed by atoms with van der Waals surface area (Å²) in [6, 6.07) is 1.76. The molecule has 0 unspecified atom stereocenters. The second kappa shape index (κ2) is 7.52. The Kier molecular flexibility index (Phi) is 5.18. The molecule has 1 aliphatic heterocycles. The minimum absolute atomic E-state index is 0.0325. The third-order valence-corrected chi connectivity index (χ3v) is 4.31. The van der Waals surface area contributed by atoms with E-state index in [1.165, 1.54) is 0 Å². The predicted molar refractivity (Wildman–Crippen MR) is 93.3 cm³/mol. The van der Waals surface area contributed by atoms with Gasteiger partial charge in [0.25, 0.3) is 11.8 Å². The van der Waals surface area contributed by atoms with Crippen molar-refractivity contribution in [2.45, 2.75) is 19.5 Å². The quantitative estimate of drug-likeness (QED) is 0.829. The average molecular weight is 344 g/mol. The number of nitrogens with one attached hydrogen (secondary N) is 2. The highest BCUT2D eigenvalue weighted by atomic mass is 16.2. The fourth-order valence-electron chi connectivity index (χ4n) is 2.94. The Bertz CT molecular complexity index is 734. The minimum Gasteiger partial charge on any atom is -0.367 e. The van der Waals surface area contributed by atoms with Gasteiger partial charge >= 0.3 is 0 Å². The van der Waals surface area contributed by atoms with Crippen LogP contribution in [-0.4, -0.2) is 69.9 Å². The molecule has 0 saturated carbocycles. The molecule has 1 aliphatic rings. The van der Waals surface area contributed by atoms with Gasteiger partial charge in [-0.2, -0.15) is 0 Å². The van der Waals surface area contributed by atoms with Crippen molar-refractivity contribution in [3.8, 4) is 0 Å². The lowest BCUT2D eigenvalue weighted by Gasteiger charge is -2.20. The van der Waals surface area contributed by atoms with Crippen LogP contribution in [0.5, 0.6) is 0 Å². The van der Waals surface area contributed by atoms with Gasteiger partial charge in [-0.3, -0.25) is 9.59 Å². The van der Waals surface area contributed by atoms with Crippen molar-refractivity contribution < 1.29 is 9.59 Å². The second-order valence-electron chi connectivity index (χ2n) is 6.47. The molecule has 0 saturated heterocycles. The summed E-state index contributed by atoms with van der Waals surface area (Å²) in [5, 5.41) is 2.89. The number of likely N-dealkylation sites (N-methyl/N-ethyl adjacent to an activating group) is 1. The number of amides is 2. The van der Waals surface area contributed by atoms with Gasteiger partial charge in [-0.05, 0) is 26.6 Å². The summed E-state index contributed by atoms with van der Waals surface area (Å²) in [7, 11) is 3.92. The average Bonchev–Trinajstić information content (AvgIpc) is 3.19. The third kappa shape index (κ3) is 3.90. The maximum atomic E-state index is 12.6. The highest BCUT2D eigenvalue weighted by Gasteiger charge is 2.25. The normalized spacial score (nSPS) is 14.3. The molecule has 2 aromatic heterocycles. The molecule has 2 N–H and O–H groups in total. The molecule has 2 aromatic rings. The molecule has 134 valence electrons. The molecule has 0 aliphatic carbocycles. The Morgan fingerprint density at radius 2 is 2.20 bits per heavy atom. The first-order valence-corrected chi connectivity index (χ1v) is 8.45. The largest absolute Gasteiger partial charge is 0.367 e. The van der Waals surface area contributed by atoms with Crippen LogP contribution in [0.1, 0.15) is 33.0 Å². The van der Waals surface area contributed by atoms with Gasteiger partial charge in [0.2, 0.25) is 0 Å². The smallest absolute Gasteiger partial charge is 0.271 e. The van der Waals surface area contributed by atoms with Gasteiger partial charge in [-0.15, -0.1) is 0 Å². The zero-order valence-corrected chi connectivity index (χ0v) is 14.7. The summed E-state index contributed by atoms with van der Waals surface area (Å²) in [4.78, 5) is 36.1. The molecule has 3 heterocycles. The fraction of sp³-hybridized carbons (Fsp3) is 0.471. The first kappa shape index (κ1) is 17.2. The molecular formula is C17H24N6O2. The third-order valence-electron chi connectivity index (χ3n) is 4.31. The molecule has 0 atom stereocenters. The number of imidazole rings is 1. The maximum absolute atomic E-state index is 12.6. The zero-order valence-electron chi connectivity index (χ0n) is 14.7. The summed E-state index contributed by atoms with van der Waals surface area (Å²) in [5.41, 5.74) is 1.83. The first-order valence-electron chi connectivity index (χ1n) is 8.45. The summed E-state index contributed by atoms with van der Waals surface area (Å²) in [5.74, 6) is -0.221. The number of hydrogen-bond donors (Lipinski definition) is 2. The number of carbonyl (C=O) groups excluding carboxylic acids is 2. The highest BCUT2D eigenvalue weighted by Crippen LogP contribution is 2.18. The van der Waals surface area contributed by atoms with Crippen LogP contribution in [0, 0.1) is 0 Å². The minimum atomic E-state index is -0.188. The lowest BCUT2D eigenvalue weighted by Crippen LogP contribution is -2.34. The summed E-state index contributed by atoms with van der Waals surface area (Å²) in [6.45, 7) is 3.13. The summed E-state index contributed by atoms with van der Waals surface area (Å²) < 4.78 is 1.98. The van der Waals surface area contributed by atoms with Crippen LogP contribution in [0.15, 0.2) is 24.8 Å². The van der Waals surface area contributed by atoms with Crippen molar-refractivity contribution >= 4 is 11.8 Å². The summed E-state index contributed by atoms with van der Waals surface area (Å²) in [6.07, 6.45) is 5.96. The number of aromatic nitrogens is 3. The van der Waals surface area contributed by atoms with Crippen molar-refractivity contribution in [2.75, 3.05) is 33.7 Å². The van der Waals surface area contributed by atoms with Gasteiger partial charge < -0.3 is 24.7 Å². The Balaban J connectivity index is 1.74. The molecule has 0 radical (unpaired) electrons. The topological polar surface area (TPSA) is 86.3 Å². The number of hydrogen-bond acceptors (Lipinski definition) is 4. The SMILES string of the molecule is CN(C)CCNC(=O)c1ncn2c1CN(C(=O)c1cc[nH]c1)CCC2. The van der Waals surface area contributed by atoms with E-state index in [-0.39, 0.29) is 11.8 Å². The number of aromatic amines is 1. The fourth-order valence-corrected chi connectivity index (χ4v) is 2.94. The lowest BCUT2D eigenvalue weighted by molar-refractivity contribution is 0.0743. The number of fused-ring (bicyclic) bond motifs is 1. The van der Waals surface area contributed by atoms with E-state index in [4.69, 9.17) is 0 Å². The predicted octanol–water partition coefficient (Wildman–Crippen LogP) is 0.549. The maximum Gasteiger partial charge on any atom is 0.271 e. The molecule has 8 heteroatoms. The van der Waals surface area contributed by atoms with Gasteiger partial charge in [0.1, 0.15) is 0 Å². The number of rotatable bonds is 5. The van der Waals surface area contributed by atoms with Crippen LogP contribution < -0.4 is 5.32 Å². The Morgan fingerprint density at radius 3 is 2.92 bits per heavy atom. The lowest BCUT2D eigenvalue weighted by atomic mass is 10.2. The number of H-pyrrole nitrogens is 1. The van der Waals surface area contributed by atoms with E-state index in [1.807, 2.05) is 23.6 Å². The molecule has 0 aromatic carbocycles. The van der Waals surface area contributed by atoms with E-state index in [1.54, 1.807) is 29.7 Å². The summed E-state index contributed by atoms with van der Waals surface area (Å²) >= 11 is 0. The molecule has 2 amide bonds. The van der Waals surface area contributed by atoms with E-state index in [9.17, 15) is 9.59 Å². The van der Waals surface area contributed by atoms with Gasteiger partial charge in [0, 0.05) is 38.6 Å². The van der Waals surface area contributed by atoms with Crippen molar-refractivity contribution in [1.82, 2.24) is 29.7 Å². The molecule has 0 fully saturated rings. The van der Waals surface area contributed by atoms with E-state index in [2.05, 4.69) is 15.3 Å². The van der Waals surface area contributed by atoms with Crippen LogP contribution in [0.2, 0.25) is 0 Å². The molecule has 8 nitrogen and oxygen atoms in total. The van der Waals surface area contributed by atoms with Gasteiger partial charge in [-0.1, -0.05) is 0 Å². The molecule has 0 bridgehead atoms. The van der Waals surface area contributed by atoms with Crippen molar-refractivity contribution in [2.24, 2.45) is 0 Å². The standard InChI is InChI=1S/C17H24N6O2/c1-21(2)9-6-19-16(24)15-14-11-22(7-3-8-23(14)12-20-15)17(25)13-4-5-18-10-13/h4-5,10,12,18H,3,6-9,11H2,1-2H3,(H,19,24). The molecule has 0 spiro atoms. The van der Waals surface area contributed by atoms with Crippen LogP contribution in [0.25, 0.3) is 0 Å². The monoisotopic (exact) mass is 344 g/mol. The van der Waals surface area contributed by atoms with Gasteiger partial charge in [0.05, 0.1) is 24.1 Å². The van der Waals surface area contributed by atoms with Crippen LogP contribution in [-0.2, 0) is 13.1 Å². The van der Waals surface area contributed by atoms with Gasteiger partial charge in [-0.25, -0.2) is 4.98 Å². The van der Waals surface area contributed by atoms with Crippen LogP contribution in [0.3, 0.4) is 0 Å². The number of aryl methyl sites for hydroxylation is 1. The number of carbonyl (C=O) groups is 2. The molecule has 3 rings (SSSR count). The van der Waals surface area contributed by atoms with Crippen LogP contribution in [0.4, 0.5) is 0 Å². The van der Waals surface area contributed by atoms with Gasteiger partial charge in [0.15, 0.2) is 5.69 Å². The Morgan fingerprint density at radius 1 is 1.36 bits per heavy atom. The van der Waals surface area contributed by atoms with Crippen molar-refractivity contribution in [1.29, 1.82) is 0 Å². The second-order valence-corrected chi connectivity index (χ2v) is 6.47. The zero-order chi connectivity index (χ0) is 17.8. The van der Waals surface area contributed by atoms with Crippen molar-refractivity contribution in [3.05, 3.63) is 41.7 Å². The number of nitrogens with zero attached hydrogens (tertiary/aromatic N) is 4. The highest BCUT2D eigenvalue weighted by molar-refractivity contribution is 5.95. The van der Waals surface area contributed by atoms with E-state index in [0.717, 1.165) is 25.2 Å². The Labute approximate surface area is 146 Å². The van der Waals surface area contributed by atoms with E-state index in [0.29, 0.717) is 30.9 Å².